The summed E-state index contributed by atoms with van der Waals surface area (Å²) >= 11 is 0. The highest BCUT2D eigenvalue weighted by atomic mass is 19.4. The monoisotopic (exact) mass is 598 g/mol. The van der Waals surface area contributed by atoms with Gasteiger partial charge in [0.1, 0.15) is 0 Å². The third kappa shape index (κ3) is 6.14. The van der Waals surface area contributed by atoms with Crippen molar-refractivity contribution in [2.24, 2.45) is 0 Å². The van der Waals surface area contributed by atoms with Crippen LogP contribution in [0.2, 0.25) is 0 Å². The lowest BCUT2D eigenvalue weighted by atomic mass is 9.72. The van der Waals surface area contributed by atoms with Crippen LogP contribution in [0.15, 0.2) is 84.9 Å². The van der Waals surface area contributed by atoms with Crippen LogP contribution in [0.25, 0.3) is 0 Å². The number of hydrogen-bond donors (Lipinski definition) is 2. The van der Waals surface area contributed by atoms with Crippen LogP contribution in [0, 0.1) is 27.7 Å². The Morgan fingerprint density at radius 2 is 0.907 bits per heavy atom. The van der Waals surface area contributed by atoms with Gasteiger partial charge in [0.2, 0.25) is 5.41 Å². The molecule has 0 spiro atoms. The molecule has 0 aliphatic heterocycles. The van der Waals surface area contributed by atoms with Crippen molar-refractivity contribution in [1.82, 2.24) is 0 Å². The molecule has 43 heavy (non-hydrogen) atoms. The standard InChI is InChI=1S/C33H28F6N2O2/c1-19-7-5-9-23(15-19)29(42)40-27-17-25(13-11-21(27)3)31(32(34,35)36,33(37,38)39)26-14-12-22(4)28(18-26)41-30(43)24-10-6-8-20(2)16-24/h5-18H,1-4H3,(H,40,42)(H,41,43). The van der Waals surface area contributed by atoms with E-state index in [2.05, 4.69) is 10.6 Å². The highest BCUT2D eigenvalue weighted by molar-refractivity contribution is 6.05. The molecule has 2 N–H and O–H groups in total. The molecule has 0 atom stereocenters. The van der Waals surface area contributed by atoms with Gasteiger partial charge in [-0.15, -0.1) is 0 Å². The Labute approximate surface area is 244 Å². The molecule has 0 saturated heterocycles. The summed E-state index contributed by atoms with van der Waals surface area (Å²) in [5.41, 5.74) is -4.79. The topological polar surface area (TPSA) is 58.2 Å². The molecule has 0 saturated carbocycles. The quantitative estimate of drug-likeness (QED) is 0.218. The number of rotatable bonds is 6. The van der Waals surface area contributed by atoms with Gasteiger partial charge in [0.25, 0.3) is 11.8 Å². The van der Waals surface area contributed by atoms with Gasteiger partial charge in [-0.2, -0.15) is 26.3 Å². The molecule has 4 aromatic carbocycles. The van der Waals surface area contributed by atoms with Gasteiger partial charge in [0, 0.05) is 22.5 Å². The summed E-state index contributed by atoms with van der Waals surface area (Å²) in [7, 11) is 0. The Balaban J connectivity index is 1.86. The van der Waals surface area contributed by atoms with Crippen LogP contribution in [-0.2, 0) is 5.41 Å². The summed E-state index contributed by atoms with van der Waals surface area (Å²) in [6.07, 6.45) is -11.7. The molecule has 0 bridgehead atoms. The van der Waals surface area contributed by atoms with Gasteiger partial charge in [0.15, 0.2) is 0 Å². The van der Waals surface area contributed by atoms with E-state index in [4.69, 9.17) is 0 Å². The van der Waals surface area contributed by atoms with Gasteiger partial charge < -0.3 is 10.6 Å². The zero-order valence-electron chi connectivity index (χ0n) is 23.7. The molecule has 2 amide bonds. The number of anilines is 2. The van der Waals surface area contributed by atoms with Crippen molar-refractivity contribution >= 4 is 23.2 Å². The lowest BCUT2D eigenvalue weighted by molar-refractivity contribution is -0.288. The summed E-state index contributed by atoms with van der Waals surface area (Å²) in [6, 6.07) is 17.9. The lowest BCUT2D eigenvalue weighted by Crippen LogP contribution is -2.54. The highest BCUT2D eigenvalue weighted by Crippen LogP contribution is 2.57. The number of nitrogens with one attached hydrogen (secondary N) is 2. The average molecular weight is 599 g/mol. The number of carbonyl (C=O) groups is 2. The molecule has 4 aromatic rings. The van der Waals surface area contributed by atoms with Crippen molar-refractivity contribution in [3.05, 3.63) is 129 Å². The summed E-state index contributed by atoms with van der Waals surface area (Å²) in [4.78, 5) is 25.7. The highest BCUT2D eigenvalue weighted by Gasteiger charge is 2.72. The van der Waals surface area contributed by atoms with Gasteiger partial charge >= 0.3 is 12.4 Å². The Morgan fingerprint density at radius 3 is 1.23 bits per heavy atom. The van der Waals surface area contributed by atoms with Crippen molar-refractivity contribution < 1.29 is 35.9 Å². The first kappa shape index (κ1) is 31.3. The van der Waals surface area contributed by atoms with Gasteiger partial charge in [-0.1, -0.05) is 59.7 Å². The van der Waals surface area contributed by atoms with Crippen molar-refractivity contribution in [2.45, 2.75) is 45.5 Å². The predicted molar refractivity (Wildman–Crippen MR) is 154 cm³/mol. The SMILES string of the molecule is Cc1cccc(C(=O)Nc2cc(C(c3ccc(C)c(NC(=O)c4cccc(C)c4)c3)(C(F)(F)F)C(F)(F)F)ccc2C)c1. The Morgan fingerprint density at radius 1 is 0.535 bits per heavy atom. The lowest BCUT2D eigenvalue weighted by Gasteiger charge is -2.39. The van der Waals surface area contributed by atoms with Gasteiger partial charge in [-0.3, -0.25) is 9.59 Å². The zero-order chi connectivity index (χ0) is 31.7. The minimum absolute atomic E-state index is 0.190. The van der Waals surface area contributed by atoms with Crippen LogP contribution >= 0.6 is 0 Å². The smallest absolute Gasteiger partial charge is 0.322 e. The van der Waals surface area contributed by atoms with Crippen molar-refractivity contribution in [1.29, 1.82) is 0 Å². The maximum Gasteiger partial charge on any atom is 0.411 e. The maximum absolute atomic E-state index is 15.0. The number of alkyl halides is 6. The van der Waals surface area contributed by atoms with E-state index in [9.17, 15) is 35.9 Å². The number of carbonyl (C=O) groups excluding carboxylic acids is 2. The molecule has 0 heterocycles. The van der Waals surface area contributed by atoms with Crippen molar-refractivity contribution in [3.8, 4) is 0 Å². The van der Waals surface area contributed by atoms with Crippen LogP contribution in [-0.4, -0.2) is 24.2 Å². The first-order valence-electron chi connectivity index (χ1n) is 13.2. The normalized spacial score (nSPS) is 12.1. The number of amides is 2. The third-order valence-corrected chi connectivity index (χ3v) is 7.25. The molecule has 4 rings (SSSR count). The van der Waals surface area contributed by atoms with E-state index in [1.54, 1.807) is 50.2 Å². The fourth-order valence-corrected chi connectivity index (χ4v) is 4.92. The van der Waals surface area contributed by atoms with Crippen LogP contribution < -0.4 is 10.6 Å². The molecular weight excluding hydrogens is 570 g/mol. The predicted octanol–water partition coefficient (Wildman–Crippen LogP) is 8.84. The summed E-state index contributed by atoms with van der Waals surface area (Å²) < 4.78 is 89.7. The number of benzene rings is 4. The molecule has 10 heteroatoms. The largest absolute Gasteiger partial charge is 0.411 e. The van der Waals surface area contributed by atoms with Crippen LogP contribution in [0.4, 0.5) is 37.7 Å². The Hall–Kier alpha value is -4.60. The molecule has 0 unspecified atom stereocenters. The van der Waals surface area contributed by atoms with E-state index in [-0.39, 0.29) is 33.6 Å². The molecule has 0 aromatic heterocycles. The van der Waals surface area contributed by atoms with Crippen LogP contribution in [0.1, 0.15) is 54.1 Å². The van der Waals surface area contributed by atoms with Crippen LogP contribution in [0.5, 0.6) is 0 Å². The molecule has 0 radical (unpaired) electrons. The molecule has 0 aliphatic carbocycles. The second-order valence-corrected chi connectivity index (χ2v) is 10.5. The molecule has 4 nitrogen and oxygen atoms in total. The molecule has 0 aliphatic rings. The molecule has 0 fully saturated rings. The summed E-state index contributed by atoms with van der Waals surface area (Å²) in [5, 5.41) is 4.92. The summed E-state index contributed by atoms with van der Waals surface area (Å²) in [6.45, 7) is 6.40. The average Bonchev–Trinajstić information content (AvgIpc) is 2.91. The third-order valence-electron chi connectivity index (χ3n) is 7.25. The van der Waals surface area contributed by atoms with Gasteiger partial charge in [-0.05, 0) is 86.3 Å². The Kier molecular flexibility index (Phi) is 8.44. The fraction of sp³-hybridized carbons (Fsp3) is 0.212. The van der Waals surface area contributed by atoms with E-state index in [0.29, 0.717) is 12.1 Å². The minimum atomic E-state index is -5.87. The number of halogens is 6. The van der Waals surface area contributed by atoms with E-state index in [1.165, 1.54) is 26.0 Å². The fourth-order valence-electron chi connectivity index (χ4n) is 4.92. The summed E-state index contributed by atoms with van der Waals surface area (Å²) in [5.74, 6) is -1.38. The van der Waals surface area contributed by atoms with E-state index in [0.717, 1.165) is 35.4 Å². The first-order chi connectivity index (χ1) is 20.0. The first-order valence-corrected chi connectivity index (χ1v) is 13.2. The van der Waals surface area contributed by atoms with Gasteiger partial charge in [0.05, 0.1) is 0 Å². The zero-order valence-corrected chi connectivity index (χ0v) is 23.7. The van der Waals surface area contributed by atoms with E-state index >= 15 is 0 Å². The number of aryl methyl sites for hydroxylation is 4. The van der Waals surface area contributed by atoms with Crippen molar-refractivity contribution in [3.63, 3.8) is 0 Å². The van der Waals surface area contributed by atoms with E-state index < -0.39 is 40.7 Å². The molecule has 224 valence electrons. The Bertz CT molecular complexity index is 1570. The van der Waals surface area contributed by atoms with E-state index in [1.807, 2.05) is 0 Å². The maximum atomic E-state index is 15.0. The van der Waals surface area contributed by atoms with Gasteiger partial charge in [-0.25, -0.2) is 0 Å². The number of hydrogen-bond acceptors (Lipinski definition) is 2. The van der Waals surface area contributed by atoms with Crippen molar-refractivity contribution in [2.75, 3.05) is 10.6 Å². The second kappa shape index (κ2) is 11.6. The van der Waals surface area contributed by atoms with Crippen LogP contribution in [0.3, 0.4) is 0 Å². The molecular formula is C33H28F6N2O2. The second-order valence-electron chi connectivity index (χ2n) is 10.5. The minimum Gasteiger partial charge on any atom is -0.322 e.